The quantitative estimate of drug-likeness (QED) is 0.0264. The summed E-state index contributed by atoms with van der Waals surface area (Å²) in [5.74, 6) is -0.864. The fourth-order valence-corrected chi connectivity index (χ4v) is 7.25. The van der Waals surface area contributed by atoms with Crippen molar-refractivity contribution in [2.24, 2.45) is 0 Å². The highest BCUT2D eigenvalue weighted by Crippen LogP contribution is 2.16. The lowest BCUT2D eigenvalue weighted by Crippen LogP contribution is -2.30. The number of hydrogen-bond donors (Lipinski definition) is 0. The van der Waals surface area contributed by atoms with Crippen LogP contribution in [0.2, 0.25) is 0 Å². The summed E-state index contributed by atoms with van der Waals surface area (Å²) in [5.41, 5.74) is 0. The maximum absolute atomic E-state index is 12.7. The van der Waals surface area contributed by atoms with Gasteiger partial charge in [0.2, 0.25) is 0 Å². The molecule has 0 N–H and O–H groups in total. The first-order valence-corrected chi connectivity index (χ1v) is 24.7. The van der Waals surface area contributed by atoms with Gasteiger partial charge in [-0.2, -0.15) is 0 Å². The van der Waals surface area contributed by atoms with Crippen LogP contribution < -0.4 is 0 Å². The Bertz CT molecular complexity index is 870. The van der Waals surface area contributed by atoms with Crippen LogP contribution in [0.4, 0.5) is 0 Å². The van der Waals surface area contributed by atoms with Crippen LogP contribution in [0, 0.1) is 0 Å². The van der Waals surface area contributed by atoms with E-state index >= 15 is 0 Å². The van der Waals surface area contributed by atoms with Gasteiger partial charge in [-0.1, -0.05) is 226 Å². The Kier molecular flexibility index (Phi) is 44.3. The van der Waals surface area contributed by atoms with Crippen molar-refractivity contribution < 1.29 is 28.6 Å². The summed E-state index contributed by atoms with van der Waals surface area (Å²) >= 11 is 0. The lowest BCUT2D eigenvalue weighted by Gasteiger charge is -2.18. The molecule has 0 aliphatic rings. The van der Waals surface area contributed by atoms with Crippen molar-refractivity contribution in [1.29, 1.82) is 0 Å². The second-order valence-electron chi connectivity index (χ2n) is 16.7. The van der Waals surface area contributed by atoms with Gasteiger partial charge in [-0.3, -0.25) is 14.4 Å². The largest absolute Gasteiger partial charge is 0.462 e. The van der Waals surface area contributed by atoms with E-state index in [0.29, 0.717) is 19.3 Å². The molecule has 0 aliphatic carbocycles. The van der Waals surface area contributed by atoms with Crippen molar-refractivity contribution in [2.45, 2.75) is 277 Å². The molecule has 0 bridgehead atoms. The van der Waals surface area contributed by atoms with Gasteiger partial charge in [-0.15, -0.1) is 0 Å². The van der Waals surface area contributed by atoms with Crippen LogP contribution >= 0.6 is 0 Å². The first-order valence-electron chi connectivity index (χ1n) is 24.7. The van der Waals surface area contributed by atoms with E-state index < -0.39 is 6.10 Å². The molecule has 0 amide bonds. The zero-order valence-corrected chi connectivity index (χ0v) is 37.7. The highest BCUT2D eigenvalue weighted by molar-refractivity contribution is 5.71. The molecule has 0 saturated carbocycles. The Morgan fingerprint density at radius 3 is 0.946 bits per heavy atom. The fraction of sp³-hybridized carbons (Fsp3) is 0.900. The summed E-state index contributed by atoms with van der Waals surface area (Å²) in [5, 5.41) is 0. The lowest BCUT2D eigenvalue weighted by atomic mass is 10.0. The van der Waals surface area contributed by atoms with Gasteiger partial charge in [0, 0.05) is 19.3 Å². The highest BCUT2D eigenvalue weighted by atomic mass is 16.6. The Labute approximate surface area is 348 Å². The SMILES string of the molecule is CCCC/C=C\CCCCCCCC(=O)OC[C@H](COC(=O)CCCCCCCCCCCCCCCC)OC(=O)CCCCCCCCCCCCCCC. The molecule has 0 aromatic heterocycles. The highest BCUT2D eigenvalue weighted by Gasteiger charge is 2.19. The molecule has 6 heteroatoms. The number of unbranched alkanes of at least 4 members (excludes halogenated alkanes) is 32. The number of carbonyl (C=O) groups is 3. The standard InChI is InChI=1S/C50H94O6/c1-4-7-10-13-16-19-22-24-26-28-31-34-37-40-43-49(52)55-46-47(45-54-48(51)42-39-36-33-30-27-21-18-15-12-9-6-3)56-50(53)44-41-38-35-32-29-25-23-20-17-14-11-8-5-2/h15,18,47H,4-14,16-17,19-46H2,1-3H3/b18-15-/t47-/m1/s1. The van der Waals surface area contributed by atoms with Gasteiger partial charge in [-0.05, 0) is 38.5 Å². The smallest absolute Gasteiger partial charge is 0.306 e. The Hall–Kier alpha value is -1.85. The monoisotopic (exact) mass is 791 g/mol. The van der Waals surface area contributed by atoms with Crippen molar-refractivity contribution in [1.82, 2.24) is 0 Å². The third kappa shape index (κ3) is 43.3. The van der Waals surface area contributed by atoms with Crippen molar-refractivity contribution in [2.75, 3.05) is 13.2 Å². The molecule has 0 radical (unpaired) electrons. The topological polar surface area (TPSA) is 78.9 Å². The van der Waals surface area contributed by atoms with Crippen LogP contribution in [0.1, 0.15) is 271 Å². The molecule has 0 spiro atoms. The van der Waals surface area contributed by atoms with E-state index in [-0.39, 0.29) is 31.1 Å². The minimum Gasteiger partial charge on any atom is -0.462 e. The summed E-state index contributed by atoms with van der Waals surface area (Å²) in [6.07, 6.45) is 49.0. The maximum atomic E-state index is 12.7. The van der Waals surface area contributed by atoms with Gasteiger partial charge in [0.15, 0.2) is 6.10 Å². The predicted octanol–water partition coefficient (Wildman–Crippen LogP) is 15.8. The average molecular weight is 791 g/mol. The number of rotatable bonds is 45. The van der Waals surface area contributed by atoms with E-state index in [1.165, 1.54) is 167 Å². The molecular formula is C50H94O6. The van der Waals surface area contributed by atoms with E-state index in [1.807, 2.05) is 0 Å². The molecule has 6 nitrogen and oxygen atoms in total. The molecule has 0 aromatic carbocycles. The number of hydrogen-bond acceptors (Lipinski definition) is 6. The third-order valence-electron chi connectivity index (χ3n) is 11.0. The van der Waals surface area contributed by atoms with E-state index in [4.69, 9.17) is 14.2 Å². The summed E-state index contributed by atoms with van der Waals surface area (Å²) in [7, 11) is 0. The van der Waals surface area contributed by atoms with Crippen LogP contribution in [-0.4, -0.2) is 37.2 Å². The van der Waals surface area contributed by atoms with Crippen LogP contribution in [0.15, 0.2) is 12.2 Å². The van der Waals surface area contributed by atoms with Crippen LogP contribution in [0.25, 0.3) is 0 Å². The van der Waals surface area contributed by atoms with E-state index in [2.05, 4.69) is 32.9 Å². The molecule has 56 heavy (non-hydrogen) atoms. The maximum Gasteiger partial charge on any atom is 0.306 e. The zero-order valence-electron chi connectivity index (χ0n) is 37.7. The normalized spacial score (nSPS) is 12.0. The number of allylic oxidation sites excluding steroid dienone is 2. The number of esters is 3. The van der Waals surface area contributed by atoms with Gasteiger partial charge in [0.05, 0.1) is 0 Å². The molecule has 0 aromatic rings. The third-order valence-corrected chi connectivity index (χ3v) is 11.0. The Morgan fingerprint density at radius 2 is 0.607 bits per heavy atom. The molecule has 0 rings (SSSR count). The summed E-state index contributed by atoms with van der Waals surface area (Å²) in [6, 6.07) is 0. The van der Waals surface area contributed by atoms with Gasteiger partial charge in [0.25, 0.3) is 0 Å². The van der Waals surface area contributed by atoms with E-state index in [0.717, 1.165) is 64.2 Å². The molecule has 0 fully saturated rings. The van der Waals surface area contributed by atoms with Crippen molar-refractivity contribution in [3.63, 3.8) is 0 Å². The van der Waals surface area contributed by atoms with Gasteiger partial charge in [0.1, 0.15) is 13.2 Å². The second-order valence-corrected chi connectivity index (χ2v) is 16.7. The minimum atomic E-state index is -0.765. The van der Waals surface area contributed by atoms with Crippen molar-refractivity contribution in [3.8, 4) is 0 Å². The van der Waals surface area contributed by atoms with E-state index in [1.54, 1.807) is 0 Å². The van der Waals surface area contributed by atoms with Crippen molar-refractivity contribution in [3.05, 3.63) is 12.2 Å². The Balaban J connectivity index is 4.33. The summed E-state index contributed by atoms with van der Waals surface area (Å²) in [4.78, 5) is 37.8. The van der Waals surface area contributed by atoms with Crippen LogP contribution in [0.3, 0.4) is 0 Å². The second kappa shape index (κ2) is 45.8. The summed E-state index contributed by atoms with van der Waals surface area (Å²) < 4.78 is 16.8. The van der Waals surface area contributed by atoms with Crippen molar-refractivity contribution >= 4 is 17.9 Å². The van der Waals surface area contributed by atoms with Crippen LogP contribution in [-0.2, 0) is 28.6 Å². The first-order chi connectivity index (χ1) is 27.5. The molecule has 0 heterocycles. The van der Waals surface area contributed by atoms with Gasteiger partial charge >= 0.3 is 17.9 Å². The number of ether oxygens (including phenoxy) is 3. The molecule has 330 valence electrons. The molecule has 0 unspecified atom stereocenters. The molecule has 0 saturated heterocycles. The minimum absolute atomic E-state index is 0.0675. The average Bonchev–Trinajstić information content (AvgIpc) is 3.19. The number of carbonyl (C=O) groups excluding carboxylic acids is 3. The van der Waals surface area contributed by atoms with Crippen LogP contribution in [0.5, 0.6) is 0 Å². The Morgan fingerprint density at radius 1 is 0.339 bits per heavy atom. The molecular weight excluding hydrogens is 697 g/mol. The summed E-state index contributed by atoms with van der Waals surface area (Å²) in [6.45, 7) is 6.62. The van der Waals surface area contributed by atoms with E-state index in [9.17, 15) is 14.4 Å². The van der Waals surface area contributed by atoms with Gasteiger partial charge in [-0.25, -0.2) is 0 Å². The molecule has 1 atom stereocenters. The fourth-order valence-electron chi connectivity index (χ4n) is 7.25. The van der Waals surface area contributed by atoms with Gasteiger partial charge < -0.3 is 14.2 Å². The first kappa shape index (κ1) is 54.2. The predicted molar refractivity (Wildman–Crippen MR) is 238 cm³/mol. The lowest BCUT2D eigenvalue weighted by molar-refractivity contribution is -0.167. The zero-order chi connectivity index (χ0) is 40.8. The molecule has 0 aliphatic heterocycles.